The maximum absolute atomic E-state index is 11.8. The molecule has 0 radical (unpaired) electrons. The molecule has 1 N–H and O–H groups in total. The predicted molar refractivity (Wildman–Crippen MR) is 62.3 cm³/mol. The molecule has 1 aliphatic carbocycles. The van der Waals surface area contributed by atoms with E-state index in [4.69, 9.17) is 4.74 Å². The number of methoxy groups -OCH3 is 1. The van der Waals surface area contributed by atoms with Crippen LogP contribution in [0.5, 0.6) is 0 Å². The Labute approximate surface area is 101 Å². The Kier molecular flexibility index (Phi) is 3.99. The van der Waals surface area contributed by atoms with Gasteiger partial charge in [-0.2, -0.15) is 0 Å². The van der Waals surface area contributed by atoms with E-state index in [0.717, 1.165) is 19.3 Å². The summed E-state index contributed by atoms with van der Waals surface area (Å²) < 4.78 is 4.91. The van der Waals surface area contributed by atoms with Gasteiger partial charge in [0, 0.05) is 39.3 Å². The van der Waals surface area contributed by atoms with Crippen LogP contribution in [0.15, 0.2) is 0 Å². The maximum Gasteiger partial charge on any atom is 0.225 e. The fourth-order valence-electron chi connectivity index (χ4n) is 2.22. The molecule has 0 spiro atoms. The van der Waals surface area contributed by atoms with Crippen LogP contribution in [0.25, 0.3) is 0 Å². The van der Waals surface area contributed by atoms with E-state index in [0.29, 0.717) is 32.2 Å². The van der Waals surface area contributed by atoms with Crippen molar-refractivity contribution >= 4 is 11.8 Å². The predicted octanol–water partition coefficient (Wildman–Crippen LogP) is 0.150. The molecule has 17 heavy (non-hydrogen) atoms. The van der Waals surface area contributed by atoms with Crippen molar-refractivity contribution in [2.75, 3.05) is 26.8 Å². The van der Waals surface area contributed by atoms with E-state index < -0.39 is 0 Å². The van der Waals surface area contributed by atoms with E-state index >= 15 is 0 Å². The highest BCUT2D eigenvalue weighted by Crippen LogP contribution is 2.32. The lowest BCUT2D eigenvalue weighted by Gasteiger charge is -2.15. The third-order valence-corrected chi connectivity index (χ3v) is 3.34. The highest BCUT2D eigenvalue weighted by Gasteiger charge is 2.41. The summed E-state index contributed by atoms with van der Waals surface area (Å²) in [7, 11) is 1.64. The first kappa shape index (κ1) is 12.4. The molecular weight excluding hydrogens is 220 g/mol. The van der Waals surface area contributed by atoms with E-state index in [-0.39, 0.29) is 17.7 Å². The number of nitrogens with zero attached hydrogens (tertiary/aromatic N) is 1. The van der Waals surface area contributed by atoms with E-state index in [9.17, 15) is 9.59 Å². The summed E-state index contributed by atoms with van der Waals surface area (Å²) in [4.78, 5) is 25.4. The molecule has 0 bridgehead atoms. The Morgan fingerprint density at radius 2 is 2.29 bits per heavy atom. The molecule has 1 saturated carbocycles. The second-order valence-electron chi connectivity index (χ2n) is 4.82. The van der Waals surface area contributed by atoms with Gasteiger partial charge in [-0.25, -0.2) is 0 Å². The lowest BCUT2D eigenvalue weighted by Crippen LogP contribution is -2.34. The van der Waals surface area contributed by atoms with Crippen LogP contribution in [0, 0.1) is 5.92 Å². The van der Waals surface area contributed by atoms with Gasteiger partial charge < -0.3 is 15.0 Å². The fourth-order valence-corrected chi connectivity index (χ4v) is 2.22. The van der Waals surface area contributed by atoms with Gasteiger partial charge in [-0.1, -0.05) is 0 Å². The molecule has 2 fully saturated rings. The monoisotopic (exact) mass is 240 g/mol. The Hall–Kier alpha value is -1.10. The Morgan fingerprint density at radius 3 is 2.94 bits per heavy atom. The second-order valence-corrected chi connectivity index (χ2v) is 4.82. The van der Waals surface area contributed by atoms with Crippen molar-refractivity contribution in [3.8, 4) is 0 Å². The molecule has 0 aromatic rings. The maximum atomic E-state index is 11.8. The number of rotatable bonds is 6. The van der Waals surface area contributed by atoms with Gasteiger partial charge in [-0.05, 0) is 19.3 Å². The van der Waals surface area contributed by atoms with Crippen LogP contribution in [0.2, 0.25) is 0 Å². The Bertz CT molecular complexity index is 302. The minimum Gasteiger partial charge on any atom is -0.385 e. The van der Waals surface area contributed by atoms with Gasteiger partial charge in [0.1, 0.15) is 0 Å². The van der Waals surface area contributed by atoms with Crippen LogP contribution in [-0.2, 0) is 14.3 Å². The van der Waals surface area contributed by atoms with E-state index in [1.54, 1.807) is 7.11 Å². The number of carbonyl (C=O) groups excluding carboxylic acids is 2. The van der Waals surface area contributed by atoms with Crippen molar-refractivity contribution in [1.82, 2.24) is 10.2 Å². The molecule has 1 atom stereocenters. The zero-order chi connectivity index (χ0) is 12.3. The quantitative estimate of drug-likeness (QED) is 0.672. The van der Waals surface area contributed by atoms with Gasteiger partial charge in [-0.3, -0.25) is 9.59 Å². The minimum atomic E-state index is -0.148. The number of hydrogen-bond acceptors (Lipinski definition) is 3. The molecule has 5 nitrogen and oxygen atoms in total. The minimum absolute atomic E-state index is 0.0117. The lowest BCUT2D eigenvalue weighted by molar-refractivity contribution is -0.129. The molecule has 5 heteroatoms. The molecule has 2 rings (SSSR count). The van der Waals surface area contributed by atoms with Gasteiger partial charge in [-0.15, -0.1) is 0 Å². The summed E-state index contributed by atoms with van der Waals surface area (Å²) in [5, 5.41) is 2.86. The Balaban J connectivity index is 1.71. The van der Waals surface area contributed by atoms with Gasteiger partial charge >= 0.3 is 0 Å². The van der Waals surface area contributed by atoms with Crippen molar-refractivity contribution in [2.45, 2.75) is 31.7 Å². The van der Waals surface area contributed by atoms with Crippen LogP contribution in [0.3, 0.4) is 0 Å². The van der Waals surface area contributed by atoms with Crippen molar-refractivity contribution < 1.29 is 14.3 Å². The lowest BCUT2D eigenvalue weighted by atomic mass is 10.1. The number of likely N-dealkylation sites (tertiary alicyclic amines) is 1. The molecule has 1 saturated heterocycles. The van der Waals surface area contributed by atoms with E-state index in [1.807, 2.05) is 4.90 Å². The Morgan fingerprint density at radius 1 is 1.53 bits per heavy atom. The van der Waals surface area contributed by atoms with Crippen molar-refractivity contribution in [3.63, 3.8) is 0 Å². The summed E-state index contributed by atoms with van der Waals surface area (Å²) in [6, 6.07) is 0.425. The molecular formula is C12H20N2O3. The molecule has 0 aromatic heterocycles. The molecule has 0 aromatic carbocycles. The number of carbonyl (C=O) groups is 2. The smallest absolute Gasteiger partial charge is 0.225 e. The average Bonchev–Trinajstić information content (AvgIpc) is 3.08. The summed E-state index contributed by atoms with van der Waals surface area (Å²) in [5.74, 6) is 0.00721. The van der Waals surface area contributed by atoms with Crippen molar-refractivity contribution in [1.29, 1.82) is 0 Å². The van der Waals surface area contributed by atoms with Crippen molar-refractivity contribution in [2.24, 2.45) is 5.92 Å². The van der Waals surface area contributed by atoms with E-state index in [2.05, 4.69) is 5.32 Å². The van der Waals surface area contributed by atoms with Crippen LogP contribution >= 0.6 is 0 Å². The molecule has 2 aliphatic rings. The molecule has 2 amide bonds. The molecule has 1 aliphatic heterocycles. The fraction of sp³-hybridized carbons (Fsp3) is 0.833. The summed E-state index contributed by atoms with van der Waals surface area (Å²) >= 11 is 0. The van der Waals surface area contributed by atoms with Crippen LogP contribution in [0.1, 0.15) is 25.7 Å². The highest BCUT2D eigenvalue weighted by molar-refractivity contribution is 5.89. The van der Waals surface area contributed by atoms with Crippen LogP contribution in [-0.4, -0.2) is 49.6 Å². The zero-order valence-electron chi connectivity index (χ0n) is 10.3. The number of hydrogen-bond donors (Lipinski definition) is 1. The molecule has 96 valence electrons. The first-order valence-electron chi connectivity index (χ1n) is 6.28. The van der Waals surface area contributed by atoms with Gasteiger partial charge in [0.25, 0.3) is 0 Å². The SMILES string of the molecule is COCCCNC(=O)[C@@H]1CC(=O)N(C2CC2)C1. The zero-order valence-corrected chi connectivity index (χ0v) is 10.3. The van der Waals surface area contributed by atoms with Crippen LogP contribution < -0.4 is 5.32 Å². The molecule has 1 heterocycles. The second kappa shape index (κ2) is 5.49. The third-order valence-electron chi connectivity index (χ3n) is 3.34. The van der Waals surface area contributed by atoms with Crippen molar-refractivity contribution in [3.05, 3.63) is 0 Å². The summed E-state index contributed by atoms with van der Waals surface area (Å²) in [6.45, 7) is 1.89. The number of nitrogens with one attached hydrogen (secondary N) is 1. The third kappa shape index (κ3) is 3.19. The standard InChI is InChI=1S/C12H20N2O3/c1-17-6-2-5-13-12(16)9-7-11(15)14(8-9)10-3-4-10/h9-10H,2-8H2,1H3,(H,13,16)/t9-/m1/s1. The summed E-state index contributed by atoms with van der Waals surface area (Å²) in [6.07, 6.45) is 3.41. The molecule has 0 unspecified atom stereocenters. The summed E-state index contributed by atoms with van der Waals surface area (Å²) in [5.41, 5.74) is 0. The largest absolute Gasteiger partial charge is 0.385 e. The van der Waals surface area contributed by atoms with E-state index in [1.165, 1.54) is 0 Å². The van der Waals surface area contributed by atoms with Gasteiger partial charge in [0.05, 0.1) is 5.92 Å². The van der Waals surface area contributed by atoms with Gasteiger partial charge in [0.15, 0.2) is 0 Å². The normalized spacial score (nSPS) is 24.2. The average molecular weight is 240 g/mol. The highest BCUT2D eigenvalue weighted by atomic mass is 16.5. The number of ether oxygens (including phenoxy) is 1. The van der Waals surface area contributed by atoms with Crippen LogP contribution in [0.4, 0.5) is 0 Å². The number of amides is 2. The van der Waals surface area contributed by atoms with Gasteiger partial charge in [0.2, 0.25) is 11.8 Å². The first-order chi connectivity index (χ1) is 8.22. The topological polar surface area (TPSA) is 58.6 Å². The first-order valence-corrected chi connectivity index (χ1v) is 6.28.